The molecule has 8 aromatic rings. The van der Waals surface area contributed by atoms with Crippen LogP contribution in [0.15, 0.2) is 156 Å². The molecule has 0 amide bonds. The summed E-state index contributed by atoms with van der Waals surface area (Å²) in [5.41, 5.74) is 13.9. The molecular weight excluding hydrogens is 649 g/mol. The summed E-state index contributed by atoms with van der Waals surface area (Å²) in [5.74, 6) is 2.83. The number of hydrogen-bond acceptors (Lipinski definition) is 5. The lowest BCUT2D eigenvalue weighted by Gasteiger charge is -2.31. The van der Waals surface area contributed by atoms with Gasteiger partial charge in [-0.1, -0.05) is 141 Å². The smallest absolute Gasteiger partial charge is 0.164 e. The van der Waals surface area contributed by atoms with Crippen LogP contribution in [0.25, 0.3) is 62.3 Å². The van der Waals surface area contributed by atoms with E-state index in [0.29, 0.717) is 17.5 Å². The molecule has 53 heavy (non-hydrogen) atoms. The van der Waals surface area contributed by atoms with Crippen molar-refractivity contribution in [2.24, 2.45) is 0 Å². The summed E-state index contributed by atoms with van der Waals surface area (Å²) in [7, 11) is 0. The first-order chi connectivity index (χ1) is 26.0. The lowest BCUT2D eigenvalue weighted by atomic mass is 9.81. The molecule has 2 aliphatic carbocycles. The summed E-state index contributed by atoms with van der Waals surface area (Å²) in [6, 6.07) is 51.3. The maximum absolute atomic E-state index is 6.69. The molecule has 0 saturated carbocycles. The van der Waals surface area contributed by atoms with E-state index < -0.39 is 0 Å². The fourth-order valence-corrected chi connectivity index (χ4v) is 9.06. The Labute approximate surface area is 308 Å². The highest BCUT2D eigenvalue weighted by Crippen LogP contribution is 2.56. The predicted molar refractivity (Wildman–Crippen MR) is 213 cm³/mol. The maximum atomic E-state index is 6.69. The highest BCUT2D eigenvalue weighted by atomic mass is 16.3. The molecule has 2 atom stereocenters. The molecule has 0 bridgehead atoms. The largest absolute Gasteiger partial charge is 0.456 e. The average Bonchev–Trinajstić information content (AvgIpc) is 3.84. The Morgan fingerprint density at radius 2 is 1.23 bits per heavy atom. The van der Waals surface area contributed by atoms with Crippen LogP contribution in [0.5, 0.6) is 0 Å². The van der Waals surface area contributed by atoms with E-state index in [2.05, 4.69) is 110 Å². The number of benzene rings is 6. The zero-order valence-electron chi connectivity index (χ0n) is 29.4. The Morgan fingerprint density at radius 1 is 0.585 bits per heavy atom. The van der Waals surface area contributed by atoms with Crippen molar-refractivity contribution in [1.29, 1.82) is 0 Å². The van der Waals surface area contributed by atoms with Gasteiger partial charge in [0.2, 0.25) is 0 Å². The van der Waals surface area contributed by atoms with E-state index in [9.17, 15) is 0 Å². The van der Waals surface area contributed by atoms with E-state index in [1.807, 2.05) is 66.7 Å². The Kier molecular flexibility index (Phi) is 6.36. The predicted octanol–water partition coefficient (Wildman–Crippen LogP) is 11.6. The number of furan rings is 1. The number of rotatable bonds is 4. The summed E-state index contributed by atoms with van der Waals surface area (Å²) >= 11 is 0. The number of hydrogen-bond donors (Lipinski definition) is 0. The Hall–Kier alpha value is -6.59. The zero-order chi connectivity index (χ0) is 35.3. The minimum absolute atomic E-state index is 0.0380. The van der Waals surface area contributed by atoms with Crippen molar-refractivity contribution in [3.63, 3.8) is 0 Å². The molecule has 252 valence electrons. The molecule has 3 heterocycles. The van der Waals surface area contributed by atoms with Crippen LogP contribution in [0.2, 0.25) is 0 Å². The molecule has 0 radical (unpaired) electrons. The van der Waals surface area contributed by atoms with Gasteiger partial charge in [0.15, 0.2) is 17.5 Å². The quantitative estimate of drug-likeness (QED) is 0.185. The number of para-hydroxylation sites is 1. The first kappa shape index (κ1) is 30.1. The summed E-state index contributed by atoms with van der Waals surface area (Å²) in [6.07, 6.45) is 4.50. The van der Waals surface area contributed by atoms with Gasteiger partial charge in [0.1, 0.15) is 11.3 Å². The van der Waals surface area contributed by atoms with Gasteiger partial charge < -0.3 is 9.32 Å². The summed E-state index contributed by atoms with van der Waals surface area (Å²) in [4.78, 5) is 17.8. The minimum Gasteiger partial charge on any atom is -0.456 e. The van der Waals surface area contributed by atoms with Crippen molar-refractivity contribution < 1.29 is 4.42 Å². The summed E-state index contributed by atoms with van der Waals surface area (Å²) < 4.78 is 6.69. The van der Waals surface area contributed by atoms with Crippen LogP contribution in [-0.2, 0) is 5.41 Å². The number of fused-ring (bicyclic) bond motifs is 10. The van der Waals surface area contributed by atoms with Gasteiger partial charge in [-0.3, -0.25) is 0 Å². The lowest BCUT2D eigenvalue weighted by molar-refractivity contribution is 0.584. The van der Waals surface area contributed by atoms with E-state index in [1.165, 1.54) is 44.8 Å². The molecular formula is C48H34N4O. The van der Waals surface area contributed by atoms with Crippen LogP contribution in [-0.4, -0.2) is 21.0 Å². The second-order valence-electron chi connectivity index (χ2n) is 14.8. The molecule has 5 nitrogen and oxygen atoms in total. The lowest BCUT2D eigenvalue weighted by Crippen LogP contribution is -2.30. The van der Waals surface area contributed by atoms with Crippen molar-refractivity contribution in [2.45, 2.75) is 31.2 Å². The molecule has 1 aliphatic heterocycles. The number of nitrogens with zero attached hydrogens (tertiary/aromatic N) is 4. The Morgan fingerprint density at radius 3 is 2.00 bits per heavy atom. The molecule has 0 spiro atoms. The molecule has 5 heteroatoms. The van der Waals surface area contributed by atoms with Crippen molar-refractivity contribution in [3.05, 3.63) is 180 Å². The van der Waals surface area contributed by atoms with Gasteiger partial charge in [-0.15, -0.1) is 0 Å². The first-order valence-electron chi connectivity index (χ1n) is 18.3. The standard InChI is InChI=1S/C48H34N4O/c1-48(2)36-21-11-9-18-32(36)33-25-24-31(28-37(33)48)52-38-22-12-10-19-34(38)42-39(52)26-27-41-44(42)43-35(20-13-23-40(43)53-41)47-50-45(29-14-5-3-6-15-29)49-46(51-47)30-16-7-4-8-17-30/h3-28,39,42H,1-2H3. The third-order valence-corrected chi connectivity index (χ3v) is 11.5. The van der Waals surface area contributed by atoms with Crippen molar-refractivity contribution in [3.8, 4) is 45.3 Å². The second-order valence-corrected chi connectivity index (χ2v) is 14.8. The number of aromatic nitrogens is 3. The van der Waals surface area contributed by atoms with Gasteiger partial charge in [-0.2, -0.15) is 0 Å². The fraction of sp³-hybridized carbons (Fsp3) is 0.104. The van der Waals surface area contributed by atoms with Gasteiger partial charge in [0, 0.05) is 50.3 Å². The van der Waals surface area contributed by atoms with Crippen molar-refractivity contribution >= 4 is 28.4 Å². The molecule has 0 saturated heterocycles. The molecule has 0 fully saturated rings. The topological polar surface area (TPSA) is 55.1 Å². The fourth-order valence-electron chi connectivity index (χ4n) is 9.06. The van der Waals surface area contributed by atoms with E-state index >= 15 is 0 Å². The maximum Gasteiger partial charge on any atom is 0.164 e. The van der Waals surface area contributed by atoms with Crippen LogP contribution >= 0.6 is 0 Å². The van der Waals surface area contributed by atoms with E-state index in [4.69, 9.17) is 19.4 Å². The van der Waals surface area contributed by atoms with Crippen LogP contribution < -0.4 is 4.90 Å². The van der Waals surface area contributed by atoms with Gasteiger partial charge in [-0.25, -0.2) is 15.0 Å². The van der Waals surface area contributed by atoms with E-state index in [0.717, 1.165) is 33.4 Å². The second kappa shape index (κ2) is 11.2. The molecule has 3 aliphatic rings. The van der Waals surface area contributed by atoms with E-state index in [-0.39, 0.29) is 17.4 Å². The third-order valence-electron chi connectivity index (χ3n) is 11.5. The molecule has 11 rings (SSSR count). The average molecular weight is 683 g/mol. The van der Waals surface area contributed by atoms with Crippen molar-refractivity contribution in [2.75, 3.05) is 4.90 Å². The van der Waals surface area contributed by atoms with Crippen LogP contribution in [0.1, 0.15) is 47.8 Å². The van der Waals surface area contributed by atoms with Crippen LogP contribution in [0.4, 0.5) is 11.4 Å². The van der Waals surface area contributed by atoms with Gasteiger partial charge in [-0.05, 0) is 58.2 Å². The number of anilines is 2. The molecule has 6 aromatic carbocycles. The SMILES string of the molecule is CC1(C)c2ccccc2-c2ccc(N3c4ccccc4C4c5c(oc6cccc(-c7nc(-c8ccccc8)nc(-c8ccccc8)n7)c56)C=CC43)cc21. The highest BCUT2D eigenvalue weighted by Gasteiger charge is 2.45. The molecule has 2 unspecified atom stereocenters. The first-order valence-corrected chi connectivity index (χ1v) is 18.3. The minimum atomic E-state index is -0.0897. The zero-order valence-corrected chi connectivity index (χ0v) is 29.4. The third kappa shape index (κ3) is 4.40. The van der Waals surface area contributed by atoms with Gasteiger partial charge in [0.05, 0.1) is 6.04 Å². The monoisotopic (exact) mass is 682 g/mol. The summed E-state index contributed by atoms with van der Waals surface area (Å²) in [5, 5.41) is 1.05. The van der Waals surface area contributed by atoms with E-state index in [1.54, 1.807) is 0 Å². The van der Waals surface area contributed by atoms with Gasteiger partial charge >= 0.3 is 0 Å². The van der Waals surface area contributed by atoms with Crippen LogP contribution in [0, 0.1) is 0 Å². The Bertz CT molecular complexity index is 2720. The molecule has 0 N–H and O–H groups in total. The summed E-state index contributed by atoms with van der Waals surface area (Å²) in [6.45, 7) is 4.70. The van der Waals surface area contributed by atoms with Crippen molar-refractivity contribution in [1.82, 2.24) is 15.0 Å². The highest BCUT2D eigenvalue weighted by molar-refractivity contribution is 6.00. The molecule has 2 aromatic heterocycles. The normalized spacial score (nSPS) is 17.3. The Balaban J connectivity index is 1.09. The van der Waals surface area contributed by atoms with Gasteiger partial charge in [0.25, 0.3) is 0 Å². The van der Waals surface area contributed by atoms with Crippen LogP contribution in [0.3, 0.4) is 0 Å².